The van der Waals surface area contributed by atoms with Gasteiger partial charge in [-0.25, -0.2) is 0 Å². The minimum atomic E-state index is -2.85. The topological polar surface area (TPSA) is 41.6 Å². The van der Waals surface area contributed by atoms with E-state index >= 15 is 0 Å². The Morgan fingerprint density at radius 1 is 1.15 bits per heavy atom. The standard InChI is InChI=1S/C18H18Cl2F2N2O2/c1-11(17(25)23-15-8-13(19)7-14(20)9-15)24(2)10-12-3-5-16(6-4-12)26-18(21)22/h3-9,11,18H,10H2,1-2H3,(H,23,25)/t11-/m0/s1. The summed E-state index contributed by atoms with van der Waals surface area (Å²) in [5.74, 6) is -0.126. The van der Waals surface area contributed by atoms with Crippen molar-refractivity contribution in [2.75, 3.05) is 12.4 Å². The summed E-state index contributed by atoms with van der Waals surface area (Å²) in [6.45, 7) is -0.637. The number of rotatable bonds is 7. The van der Waals surface area contributed by atoms with Crippen molar-refractivity contribution in [2.45, 2.75) is 26.1 Å². The molecule has 0 heterocycles. The van der Waals surface area contributed by atoms with Crippen molar-refractivity contribution in [3.8, 4) is 5.75 Å². The van der Waals surface area contributed by atoms with Crippen LogP contribution in [0.4, 0.5) is 14.5 Å². The molecule has 140 valence electrons. The number of alkyl halides is 2. The number of nitrogens with zero attached hydrogens (tertiary/aromatic N) is 1. The molecule has 0 fully saturated rings. The number of amides is 1. The Bertz CT molecular complexity index is 737. The van der Waals surface area contributed by atoms with E-state index in [1.54, 1.807) is 44.3 Å². The Balaban J connectivity index is 1.95. The smallest absolute Gasteiger partial charge is 0.387 e. The van der Waals surface area contributed by atoms with E-state index in [0.717, 1.165) is 5.56 Å². The van der Waals surface area contributed by atoms with Crippen LogP contribution in [-0.2, 0) is 11.3 Å². The van der Waals surface area contributed by atoms with Crippen LogP contribution < -0.4 is 10.1 Å². The highest BCUT2D eigenvalue weighted by Crippen LogP contribution is 2.23. The van der Waals surface area contributed by atoms with Crippen LogP contribution in [0.1, 0.15) is 12.5 Å². The largest absolute Gasteiger partial charge is 0.435 e. The van der Waals surface area contributed by atoms with E-state index < -0.39 is 12.7 Å². The van der Waals surface area contributed by atoms with Gasteiger partial charge in [-0.1, -0.05) is 35.3 Å². The number of hydrogen-bond donors (Lipinski definition) is 1. The molecule has 0 saturated heterocycles. The summed E-state index contributed by atoms with van der Waals surface area (Å²) in [6, 6.07) is 10.6. The zero-order chi connectivity index (χ0) is 19.3. The molecule has 0 aliphatic carbocycles. The van der Waals surface area contributed by atoms with Gasteiger partial charge >= 0.3 is 6.61 Å². The molecule has 1 amide bonds. The fraction of sp³-hybridized carbons (Fsp3) is 0.278. The number of halogens is 4. The first-order valence-electron chi connectivity index (χ1n) is 7.75. The number of carbonyl (C=O) groups is 1. The van der Waals surface area contributed by atoms with E-state index in [1.165, 1.54) is 12.1 Å². The summed E-state index contributed by atoms with van der Waals surface area (Å²) >= 11 is 11.8. The van der Waals surface area contributed by atoms with Crippen LogP contribution in [0.2, 0.25) is 10.0 Å². The van der Waals surface area contributed by atoms with Crippen LogP contribution in [0.5, 0.6) is 5.75 Å². The lowest BCUT2D eigenvalue weighted by atomic mass is 10.1. The van der Waals surface area contributed by atoms with E-state index in [1.807, 2.05) is 4.90 Å². The van der Waals surface area contributed by atoms with Crippen molar-refractivity contribution in [3.05, 3.63) is 58.1 Å². The highest BCUT2D eigenvalue weighted by molar-refractivity contribution is 6.35. The van der Waals surface area contributed by atoms with Crippen LogP contribution in [0.3, 0.4) is 0 Å². The number of carbonyl (C=O) groups excluding carboxylic acids is 1. The van der Waals surface area contributed by atoms with Crippen LogP contribution in [-0.4, -0.2) is 30.5 Å². The average molecular weight is 403 g/mol. The first-order valence-corrected chi connectivity index (χ1v) is 8.51. The Kier molecular flexibility index (Phi) is 7.20. The number of nitrogens with one attached hydrogen (secondary N) is 1. The highest BCUT2D eigenvalue weighted by Gasteiger charge is 2.18. The molecule has 2 rings (SSSR count). The SMILES string of the molecule is C[C@@H](C(=O)Nc1cc(Cl)cc(Cl)c1)N(C)Cc1ccc(OC(F)F)cc1. The summed E-state index contributed by atoms with van der Waals surface area (Å²) in [7, 11) is 1.79. The molecule has 0 aliphatic heterocycles. The predicted octanol–water partition coefficient (Wildman–Crippen LogP) is 5.05. The van der Waals surface area contributed by atoms with Gasteiger partial charge in [0.1, 0.15) is 5.75 Å². The number of benzene rings is 2. The van der Waals surface area contributed by atoms with Crippen LogP contribution in [0, 0.1) is 0 Å². The Morgan fingerprint density at radius 2 is 1.73 bits per heavy atom. The normalized spacial score (nSPS) is 12.3. The van der Waals surface area contributed by atoms with Gasteiger partial charge in [-0.2, -0.15) is 8.78 Å². The molecule has 0 aromatic heterocycles. The summed E-state index contributed by atoms with van der Waals surface area (Å²) < 4.78 is 28.6. The van der Waals surface area contributed by atoms with Gasteiger partial charge in [0.2, 0.25) is 5.91 Å². The van der Waals surface area contributed by atoms with Crippen molar-refractivity contribution in [3.63, 3.8) is 0 Å². The fourth-order valence-corrected chi connectivity index (χ4v) is 2.80. The molecule has 0 saturated carbocycles. The fourth-order valence-electron chi connectivity index (χ4n) is 2.27. The quantitative estimate of drug-likeness (QED) is 0.703. The molecule has 1 atom stereocenters. The summed E-state index contributed by atoms with van der Waals surface area (Å²) in [5.41, 5.74) is 1.38. The number of hydrogen-bond acceptors (Lipinski definition) is 3. The van der Waals surface area contributed by atoms with Crippen molar-refractivity contribution >= 4 is 34.8 Å². The second kappa shape index (κ2) is 9.16. The average Bonchev–Trinajstić information content (AvgIpc) is 2.54. The lowest BCUT2D eigenvalue weighted by Crippen LogP contribution is -2.39. The van der Waals surface area contributed by atoms with E-state index in [9.17, 15) is 13.6 Å². The van der Waals surface area contributed by atoms with Crippen LogP contribution in [0.15, 0.2) is 42.5 Å². The molecule has 0 unspecified atom stereocenters. The van der Waals surface area contributed by atoms with Crippen LogP contribution in [0.25, 0.3) is 0 Å². The third kappa shape index (κ3) is 6.12. The van der Waals surface area contributed by atoms with Crippen LogP contribution >= 0.6 is 23.2 Å². The van der Waals surface area contributed by atoms with E-state index in [2.05, 4.69) is 10.1 Å². The number of anilines is 1. The molecule has 0 bridgehead atoms. The molecule has 4 nitrogen and oxygen atoms in total. The van der Waals surface area contributed by atoms with E-state index in [4.69, 9.17) is 23.2 Å². The first-order chi connectivity index (χ1) is 12.2. The third-order valence-electron chi connectivity index (χ3n) is 3.75. The van der Waals surface area contributed by atoms with Crippen molar-refractivity contribution < 1.29 is 18.3 Å². The van der Waals surface area contributed by atoms with Crippen molar-refractivity contribution in [1.82, 2.24) is 4.90 Å². The van der Waals surface area contributed by atoms with Gasteiger partial charge in [-0.3, -0.25) is 9.69 Å². The number of ether oxygens (including phenoxy) is 1. The van der Waals surface area contributed by atoms with E-state index in [0.29, 0.717) is 22.3 Å². The maximum atomic E-state index is 12.4. The van der Waals surface area contributed by atoms with Crippen molar-refractivity contribution in [2.24, 2.45) is 0 Å². The third-order valence-corrected chi connectivity index (χ3v) is 4.19. The highest BCUT2D eigenvalue weighted by atomic mass is 35.5. The molecule has 8 heteroatoms. The maximum Gasteiger partial charge on any atom is 0.387 e. The predicted molar refractivity (Wildman–Crippen MR) is 99.1 cm³/mol. The second-order valence-electron chi connectivity index (χ2n) is 5.76. The molecular weight excluding hydrogens is 385 g/mol. The minimum Gasteiger partial charge on any atom is -0.435 e. The molecule has 0 spiro atoms. The molecular formula is C18H18Cl2F2N2O2. The van der Waals surface area contributed by atoms with E-state index in [-0.39, 0.29) is 11.7 Å². The van der Waals surface area contributed by atoms with Gasteiger partial charge in [0, 0.05) is 22.3 Å². The second-order valence-corrected chi connectivity index (χ2v) is 6.63. The Morgan fingerprint density at radius 3 is 2.27 bits per heavy atom. The molecule has 26 heavy (non-hydrogen) atoms. The van der Waals surface area contributed by atoms with Gasteiger partial charge < -0.3 is 10.1 Å². The molecule has 0 radical (unpaired) electrons. The maximum absolute atomic E-state index is 12.4. The van der Waals surface area contributed by atoms with Crippen molar-refractivity contribution in [1.29, 1.82) is 0 Å². The van der Waals surface area contributed by atoms with Gasteiger partial charge in [-0.05, 0) is 49.9 Å². The van der Waals surface area contributed by atoms with Gasteiger partial charge in [0.15, 0.2) is 0 Å². The van der Waals surface area contributed by atoms with Gasteiger partial charge in [0.05, 0.1) is 6.04 Å². The first kappa shape index (κ1) is 20.4. The van der Waals surface area contributed by atoms with Gasteiger partial charge in [-0.15, -0.1) is 0 Å². The molecule has 1 N–H and O–H groups in total. The summed E-state index contributed by atoms with van der Waals surface area (Å²) in [6.07, 6.45) is 0. The Labute approximate surface area is 160 Å². The van der Waals surface area contributed by atoms with Gasteiger partial charge in [0.25, 0.3) is 0 Å². The number of likely N-dealkylation sites (N-methyl/N-ethyl adjacent to an activating group) is 1. The zero-order valence-corrected chi connectivity index (χ0v) is 15.7. The monoisotopic (exact) mass is 402 g/mol. The minimum absolute atomic E-state index is 0.0926. The zero-order valence-electron chi connectivity index (χ0n) is 14.2. The Hall–Kier alpha value is -1.89. The summed E-state index contributed by atoms with van der Waals surface area (Å²) in [4.78, 5) is 14.2. The molecule has 2 aromatic carbocycles. The lowest BCUT2D eigenvalue weighted by molar-refractivity contribution is -0.120. The molecule has 2 aromatic rings. The summed E-state index contributed by atoms with van der Waals surface area (Å²) in [5, 5.41) is 3.63. The molecule has 0 aliphatic rings. The lowest BCUT2D eigenvalue weighted by Gasteiger charge is -2.24.